The average molecular weight is 1010 g/mol. The molecule has 0 saturated heterocycles. The highest BCUT2D eigenvalue weighted by molar-refractivity contribution is 7.80. The second-order valence-corrected chi connectivity index (χ2v) is 20.2. The number of halogens is 4. The molecule has 7 aromatic rings. The maximum absolute atomic E-state index is 12.4. The van der Waals surface area contributed by atoms with Gasteiger partial charge in [-0.05, 0) is 123 Å². The summed E-state index contributed by atoms with van der Waals surface area (Å²) in [5.74, 6) is 0. The van der Waals surface area contributed by atoms with Crippen molar-refractivity contribution in [3.63, 3.8) is 0 Å². The molecule has 20 heteroatoms. The van der Waals surface area contributed by atoms with Crippen LogP contribution in [-0.2, 0) is 70.0 Å². The van der Waals surface area contributed by atoms with Gasteiger partial charge in [-0.15, -0.1) is 0 Å². The van der Waals surface area contributed by atoms with Crippen LogP contribution in [0, 0.1) is 0 Å². The number of fused-ring (bicyclic) bond motifs is 8. The molecule has 6 N–H and O–H groups in total. The average Bonchev–Trinajstić information content (AvgIpc) is 4.11. The molecule has 3 aromatic heterocycles. The van der Waals surface area contributed by atoms with Gasteiger partial charge in [-0.25, -0.2) is 16.8 Å². The molecule has 9 rings (SSSR count). The quantitative estimate of drug-likeness (QED) is 0.0794. The molecule has 4 aromatic carbocycles. The highest BCUT2D eigenvalue weighted by Crippen LogP contribution is 2.43. The van der Waals surface area contributed by atoms with Crippen molar-refractivity contribution in [2.24, 2.45) is 0 Å². The zero-order valence-corrected chi connectivity index (χ0v) is 38.8. The summed E-state index contributed by atoms with van der Waals surface area (Å²) in [6.07, 6.45) is 1.38. The van der Waals surface area contributed by atoms with Gasteiger partial charge in [-0.1, -0.05) is 46.4 Å². The van der Waals surface area contributed by atoms with E-state index in [1.807, 2.05) is 0 Å². The number of aromatic nitrogens is 4. The van der Waals surface area contributed by atoms with Crippen LogP contribution in [0.4, 0.5) is 0 Å². The molecule has 326 valence electrons. The number of nitrogens with zero attached hydrogens (tertiary/aromatic N) is 2. The Bertz CT molecular complexity index is 2960. The topological polar surface area (TPSA) is 207 Å². The van der Waals surface area contributed by atoms with E-state index in [-0.39, 0.29) is 39.7 Å². The van der Waals surface area contributed by atoms with Gasteiger partial charge in [0, 0.05) is 86.7 Å². The van der Waals surface area contributed by atoms with Crippen molar-refractivity contribution in [3.05, 3.63) is 140 Å². The van der Waals surface area contributed by atoms with E-state index in [0.29, 0.717) is 115 Å². The second-order valence-electron chi connectivity index (χ2n) is 14.6. The molecule has 12 nitrogen and oxygen atoms in total. The summed E-state index contributed by atoms with van der Waals surface area (Å²) < 4.78 is 90.5. The highest BCUT2D eigenvalue weighted by Gasteiger charge is 2.26. The number of benzene rings is 4. The Hall–Kier alpha value is -4.40. The fourth-order valence-corrected chi connectivity index (χ4v) is 10.6. The lowest BCUT2D eigenvalue weighted by molar-refractivity contribution is 0.563. The van der Waals surface area contributed by atoms with Gasteiger partial charge in [0.15, 0.2) is 44.3 Å². The lowest BCUT2D eigenvalue weighted by Gasteiger charge is -2.10. The largest absolute Gasteiger partial charge is 0.354 e. The van der Waals surface area contributed by atoms with Gasteiger partial charge in [0.1, 0.15) is 0 Å². The van der Waals surface area contributed by atoms with Crippen LogP contribution >= 0.6 is 46.4 Å². The van der Waals surface area contributed by atoms with Crippen LogP contribution in [0.15, 0.2) is 117 Å². The van der Waals surface area contributed by atoms with Gasteiger partial charge in [-0.3, -0.25) is 9.97 Å². The maximum Gasteiger partial charge on any atom is 0.186 e. The van der Waals surface area contributed by atoms with E-state index in [4.69, 9.17) is 56.4 Å². The van der Waals surface area contributed by atoms with Gasteiger partial charge in [0.2, 0.25) is 0 Å². The number of H-pyrrole nitrogens is 2. The van der Waals surface area contributed by atoms with E-state index < -0.39 is 44.3 Å². The van der Waals surface area contributed by atoms with Crippen LogP contribution in [0.3, 0.4) is 0 Å². The molecule has 0 amide bonds. The lowest BCUT2D eigenvalue weighted by Crippen LogP contribution is -1.94. The number of hydrogen-bond acceptors (Lipinski definition) is 6. The third-order valence-corrected chi connectivity index (χ3v) is 14.9. The molecule has 0 spiro atoms. The minimum atomic E-state index is -2.36. The molecular weight excluding hydrogens is 983 g/mol. The number of nitrogens with one attached hydrogen (secondary N) is 2. The number of aryl methyl sites for hydroxylation is 4. The first kappa shape index (κ1) is 44.8. The molecule has 5 heterocycles. The third-order valence-electron chi connectivity index (χ3n) is 11.0. The summed E-state index contributed by atoms with van der Waals surface area (Å²) in [6, 6.07) is 25.3. The Morgan fingerprint density at radius 2 is 0.594 bits per heavy atom. The Morgan fingerprint density at radius 1 is 0.375 bits per heavy atom. The molecule has 64 heavy (non-hydrogen) atoms. The summed E-state index contributed by atoms with van der Waals surface area (Å²) in [5.41, 5.74) is 7.87. The maximum atomic E-state index is 12.4. The molecule has 0 fully saturated rings. The summed E-state index contributed by atoms with van der Waals surface area (Å²) in [6.45, 7) is 0. The number of rotatable bonds is 8. The standard InChI is InChI=1S/C44H30Cl4N4O8S4/c45-29-5-1-21(61(53)54)17-25(29)41-33-9-11-35(49-33)42(26-18-22(62(55)56)2-6-30(26)46)37-13-15-39(51-37)44(28-20-24(64(59)60)4-8-32(28)48)40-16-14-38(52-40)43(36-12-10-34(41)50-36)27-19-23(63(57)58)3-7-31(27)47/h1-9,11,14,16-20,49,52H,10,12-13,15H2,(H,53,54)(H,55,56)(H,57,58)(H,59,60). The van der Waals surface area contributed by atoms with Crippen molar-refractivity contribution in [3.8, 4) is 44.5 Å². The van der Waals surface area contributed by atoms with E-state index in [1.54, 1.807) is 24.3 Å². The van der Waals surface area contributed by atoms with E-state index in [2.05, 4.69) is 9.97 Å². The highest BCUT2D eigenvalue weighted by atomic mass is 35.5. The van der Waals surface area contributed by atoms with E-state index >= 15 is 0 Å². The first-order valence-electron chi connectivity index (χ1n) is 19.1. The molecule has 0 saturated carbocycles. The lowest BCUT2D eigenvalue weighted by atomic mass is 10.0. The summed E-state index contributed by atoms with van der Waals surface area (Å²) in [4.78, 5) is 17.9. The predicted molar refractivity (Wildman–Crippen MR) is 254 cm³/mol. The minimum absolute atomic E-state index is 0.0968. The minimum Gasteiger partial charge on any atom is -0.354 e. The predicted octanol–water partition coefficient (Wildman–Crippen LogP) is 11.5. The summed E-state index contributed by atoms with van der Waals surface area (Å²) >= 11 is 18.3. The first-order valence-corrected chi connectivity index (χ1v) is 25.0. The van der Waals surface area contributed by atoms with E-state index in [0.717, 1.165) is 0 Å². The van der Waals surface area contributed by atoms with E-state index in [1.165, 1.54) is 72.8 Å². The summed E-state index contributed by atoms with van der Waals surface area (Å²) in [7, 11) is 0. The van der Waals surface area contributed by atoms with E-state index in [9.17, 15) is 35.0 Å². The molecule has 2 aliphatic rings. The number of aromatic amines is 2. The van der Waals surface area contributed by atoms with Crippen molar-refractivity contribution in [2.75, 3.05) is 0 Å². The summed E-state index contributed by atoms with van der Waals surface area (Å²) in [5, 5.41) is 1.08. The Labute approximate surface area is 394 Å². The van der Waals surface area contributed by atoms with Crippen LogP contribution in [-0.4, -0.2) is 55.0 Å². The van der Waals surface area contributed by atoms with Crippen LogP contribution in [0.25, 0.3) is 66.6 Å². The van der Waals surface area contributed by atoms with Crippen molar-refractivity contribution >= 4 is 113 Å². The van der Waals surface area contributed by atoms with Crippen LogP contribution in [0.5, 0.6) is 0 Å². The monoisotopic (exact) mass is 1010 g/mol. The van der Waals surface area contributed by atoms with Gasteiger partial charge in [0.05, 0.1) is 42.4 Å². The normalized spacial score (nSPS) is 14.6. The van der Waals surface area contributed by atoms with Gasteiger partial charge < -0.3 is 28.2 Å². The van der Waals surface area contributed by atoms with Crippen LogP contribution < -0.4 is 0 Å². The van der Waals surface area contributed by atoms with Gasteiger partial charge in [-0.2, -0.15) is 0 Å². The second kappa shape index (κ2) is 18.1. The zero-order valence-electron chi connectivity index (χ0n) is 32.5. The fourth-order valence-electron chi connectivity index (χ4n) is 8.16. The van der Waals surface area contributed by atoms with Crippen molar-refractivity contribution in [1.82, 2.24) is 19.9 Å². The molecule has 0 radical (unpaired) electrons. The Morgan fingerprint density at radius 3 is 0.797 bits per heavy atom. The fraction of sp³-hybridized carbons (Fsp3) is 0.0909. The smallest absolute Gasteiger partial charge is 0.186 e. The molecule has 4 unspecified atom stereocenters. The Balaban J connectivity index is 1.52. The molecule has 2 aliphatic heterocycles. The SMILES string of the molecule is O=S(O)c1ccc(Cl)c(-c2c3nc(c(-c4cc(S(=O)O)ccc4Cl)c4ccc([nH]4)c(-c4cc(S(=O)O)ccc4Cl)c4nc(c(-c5cc(S(=O)O)ccc5Cl)c5ccc2[nH]5)CC4)CC3)c1. The number of hydrogen-bond donors (Lipinski definition) is 6. The first-order chi connectivity index (χ1) is 30.7. The van der Waals surface area contributed by atoms with Crippen LogP contribution in [0.1, 0.15) is 22.8 Å². The molecule has 0 aliphatic carbocycles. The molecular formula is C44H30Cl4N4O8S4. The van der Waals surface area contributed by atoms with Gasteiger partial charge in [0.25, 0.3) is 0 Å². The van der Waals surface area contributed by atoms with Crippen molar-refractivity contribution in [1.29, 1.82) is 0 Å². The van der Waals surface area contributed by atoms with Crippen molar-refractivity contribution in [2.45, 2.75) is 45.3 Å². The van der Waals surface area contributed by atoms with Crippen LogP contribution in [0.2, 0.25) is 20.1 Å². The third kappa shape index (κ3) is 8.47. The molecule has 8 bridgehead atoms. The zero-order chi connectivity index (χ0) is 45.1. The Kier molecular flexibility index (Phi) is 12.7. The van der Waals surface area contributed by atoms with Gasteiger partial charge >= 0.3 is 0 Å². The molecule has 4 atom stereocenters. The van der Waals surface area contributed by atoms with Crippen molar-refractivity contribution < 1.29 is 35.0 Å².